The molecule has 0 radical (unpaired) electrons. The van der Waals surface area contributed by atoms with Crippen LogP contribution in [0.2, 0.25) is 0 Å². The number of rotatable bonds is 6. The minimum absolute atomic E-state index is 0.205. The highest BCUT2D eigenvalue weighted by Gasteiger charge is 2.18. The Morgan fingerprint density at radius 2 is 2.00 bits per heavy atom. The summed E-state index contributed by atoms with van der Waals surface area (Å²) in [7, 11) is 0. The average Bonchev–Trinajstić information content (AvgIpc) is 2.95. The van der Waals surface area contributed by atoms with Crippen LogP contribution in [0.1, 0.15) is 13.8 Å². The predicted molar refractivity (Wildman–Crippen MR) is 106 cm³/mol. The molecule has 2 aromatic heterocycles. The molecule has 0 bridgehead atoms. The maximum atomic E-state index is 12.4. The molecule has 1 atom stereocenters. The van der Waals surface area contributed by atoms with Gasteiger partial charge >= 0.3 is 0 Å². The number of nitrogen functional groups attached to an aromatic ring is 2. The number of fused-ring (bicyclic) bond motifs is 1. The van der Waals surface area contributed by atoms with Crippen molar-refractivity contribution < 1.29 is 9.53 Å². The third-order valence-corrected chi connectivity index (χ3v) is 5.19. The lowest BCUT2D eigenvalue weighted by Gasteiger charge is -2.09. The molecule has 0 saturated carbocycles. The summed E-state index contributed by atoms with van der Waals surface area (Å²) in [5, 5.41) is 3.26. The van der Waals surface area contributed by atoms with Crippen molar-refractivity contribution in [3.8, 4) is 5.75 Å². The Hall–Kier alpha value is -2.59. The van der Waals surface area contributed by atoms with Crippen molar-refractivity contribution in [2.45, 2.75) is 24.3 Å². The maximum Gasteiger partial charge on any atom is 0.239 e. The topological polar surface area (TPSA) is 129 Å². The Bertz CT molecular complexity index is 925. The highest BCUT2D eigenvalue weighted by atomic mass is 32.2. The average molecular weight is 390 g/mol. The first kappa shape index (κ1) is 18.2. The van der Waals surface area contributed by atoms with Gasteiger partial charge in [0.2, 0.25) is 5.91 Å². The van der Waals surface area contributed by atoms with Crippen LogP contribution in [-0.4, -0.2) is 32.7 Å². The van der Waals surface area contributed by atoms with Crippen molar-refractivity contribution in [3.63, 3.8) is 0 Å². The number of anilines is 3. The number of nitrogens with zero attached hydrogens (tertiary/aromatic N) is 3. The van der Waals surface area contributed by atoms with Crippen LogP contribution in [0.25, 0.3) is 10.2 Å². The lowest BCUT2D eigenvalue weighted by atomic mass is 10.3. The fraction of sp³-hybridized carbons (Fsp3) is 0.250. The summed E-state index contributed by atoms with van der Waals surface area (Å²) in [5.41, 5.74) is 12.1. The minimum atomic E-state index is -0.442. The maximum absolute atomic E-state index is 12.4. The lowest BCUT2D eigenvalue weighted by Crippen LogP contribution is -2.22. The third-order valence-electron chi connectivity index (χ3n) is 3.30. The molecule has 2 heterocycles. The molecule has 1 aromatic carbocycles. The summed E-state index contributed by atoms with van der Waals surface area (Å²) in [6.45, 7) is 4.28. The van der Waals surface area contributed by atoms with Crippen molar-refractivity contribution in [1.29, 1.82) is 0 Å². The van der Waals surface area contributed by atoms with Crippen LogP contribution >= 0.6 is 23.1 Å². The monoisotopic (exact) mass is 390 g/mol. The molecule has 5 N–H and O–H groups in total. The van der Waals surface area contributed by atoms with Gasteiger partial charge in [-0.3, -0.25) is 4.79 Å². The first-order chi connectivity index (χ1) is 12.4. The largest absolute Gasteiger partial charge is 0.494 e. The Morgan fingerprint density at radius 1 is 1.27 bits per heavy atom. The predicted octanol–water partition coefficient (Wildman–Crippen LogP) is 2.77. The molecule has 3 rings (SSSR count). The molecule has 0 aliphatic carbocycles. The molecule has 0 fully saturated rings. The number of carbonyl (C=O) groups excluding carboxylic acids is 1. The number of thioether (sulfide) groups is 1. The van der Waals surface area contributed by atoms with Crippen molar-refractivity contribution in [2.75, 3.05) is 23.4 Å². The third kappa shape index (κ3) is 4.33. The smallest absolute Gasteiger partial charge is 0.239 e. The highest BCUT2D eigenvalue weighted by molar-refractivity contribution is 8.00. The normalized spacial score (nSPS) is 12.1. The van der Waals surface area contributed by atoms with Crippen LogP contribution in [-0.2, 0) is 4.79 Å². The molecule has 0 saturated heterocycles. The fourth-order valence-electron chi connectivity index (χ4n) is 2.15. The number of nitrogens with one attached hydrogen (secondary N) is 1. The second-order valence-electron chi connectivity index (χ2n) is 5.33. The molecule has 136 valence electrons. The summed E-state index contributed by atoms with van der Waals surface area (Å²) < 4.78 is 6.43. The molecule has 26 heavy (non-hydrogen) atoms. The van der Waals surface area contributed by atoms with E-state index in [1.54, 1.807) is 6.92 Å². The zero-order chi connectivity index (χ0) is 18.7. The number of amides is 1. The Balaban J connectivity index is 1.69. The van der Waals surface area contributed by atoms with Gasteiger partial charge in [-0.1, -0.05) is 23.1 Å². The van der Waals surface area contributed by atoms with Crippen molar-refractivity contribution in [1.82, 2.24) is 15.0 Å². The summed E-state index contributed by atoms with van der Waals surface area (Å²) in [5.74, 6) is 1.11. The molecule has 10 heteroatoms. The van der Waals surface area contributed by atoms with E-state index in [2.05, 4.69) is 20.3 Å². The molecule has 0 aliphatic rings. The first-order valence-corrected chi connectivity index (χ1v) is 9.55. The van der Waals surface area contributed by atoms with E-state index in [1.165, 1.54) is 29.2 Å². The first-order valence-electron chi connectivity index (χ1n) is 7.85. The molecule has 8 nitrogen and oxygen atoms in total. The van der Waals surface area contributed by atoms with Crippen LogP contribution in [0.3, 0.4) is 0 Å². The van der Waals surface area contributed by atoms with E-state index < -0.39 is 5.25 Å². The van der Waals surface area contributed by atoms with Gasteiger partial charge in [-0.15, -0.1) is 0 Å². The van der Waals surface area contributed by atoms with Gasteiger partial charge in [0.1, 0.15) is 17.4 Å². The number of thiazole rings is 1. The summed E-state index contributed by atoms with van der Waals surface area (Å²) >= 11 is 2.57. The number of nitrogens with two attached hydrogens (primary N) is 2. The van der Waals surface area contributed by atoms with Crippen LogP contribution in [0.4, 0.5) is 16.8 Å². The number of hydrogen-bond acceptors (Lipinski definition) is 9. The number of benzene rings is 1. The van der Waals surface area contributed by atoms with Gasteiger partial charge in [-0.05, 0) is 32.0 Å². The summed E-state index contributed by atoms with van der Waals surface area (Å²) in [6, 6.07) is 7.10. The fourth-order valence-corrected chi connectivity index (χ4v) is 3.84. The van der Waals surface area contributed by atoms with E-state index in [0.29, 0.717) is 16.9 Å². The van der Waals surface area contributed by atoms with E-state index >= 15 is 0 Å². The molecule has 0 spiro atoms. The zero-order valence-corrected chi connectivity index (χ0v) is 15.9. The van der Waals surface area contributed by atoms with E-state index in [-0.39, 0.29) is 17.5 Å². The van der Waals surface area contributed by atoms with Crippen LogP contribution in [0.5, 0.6) is 5.75 Å². The lowest BCUT2D eigenvalue weighted by molar-refractivity contribution is -0.115. The second kappa shape index (κ2) is 7.75. The molecule has 0 aliphatic heterocycles. The Kier molecular flexibility index (Phi) is 5.43. The Morgan fingerprint density at radius 3 is 2.69 bits per heavy atom. The van der Waals surface area contributed by atoms with Crippen LogP contribution < -0.4 is 21.5 Å². The van der Waals surface area contributed by atoms with Gasteiger partial charge < -0.3 is 21.5 Å². The second-order valence-corrected chi connectivity index (χ2v) is 7.67. The van der Waals surface area contributed by atoms with Crippen molar-refractivity contribution in [3.05, 3.63) is 24.3 Å². The van der Waals surface area contributed by atoms with Gasteiger partial charge in [-0.2, -0.15) is 0 Å². The molecule has 1 amide bonds. The number of carbonyl (C=O) groups is 1. The van der Waals surface area contributed by atoms with Gasteiger partial charge in [0.25, 0.3) is 0 Å². The van der Waals surface area contributed by atoms with Crippen molar-refractivity contribution >= 4 is 56.0 Å². The summed E-state index contributed by atoms with van der Waals surface area (Å²) in [6.07, 6.45) is 0. The number of ether oxygens (including phenoxy) is 1. The van der Waals surface area contributed by atoms with Crippen molar-refractivity contribution in [2.24, 2.45) is 0 Å². The van der Waals surface area contributed by atoms with Gasteiger partial charge in [0.15, 0.2) is 10.3 Å². The van der Waals surface area contributed by atoms with E-state index in [1.807, 2.05) is 25.1 Å². The number of hydrogen-bond donors (Lipinski definition) is 3. The molecule has 3 aromatic rings. The molecule has 1 unspecified atom stereocenters. The van der Waals surface area contributed by atoms with Gasteiger partial charge in [0, 0.05) is 6.07 Å². The SMILES string of the molecule is CCOc1ccc2nc(NC(=O)C(C)Sc3nc(N)cc(N)n3)sc2c1. The minimum Gasteiger partial charge on any atom is -0.494 e. The molecular weight excluding hydrogens is 372 g/mol. The van der Waals surface area contributed by atoms with E-state index in [9.17, 15) is 4.79 Å². The highest BCUT2D eigenvalue weighted by Crippen LogP contribution is 2.30. The molecular formula is C16H18N6O2S2. The van der Waals surface area contributed by atoms with Crippen LogP contribution in [0.15, 0.2) is 29.4 Å². The quantitative estimate of drug-likeness (QED) is 0.433. The van der Waals surface area contributed by atoms with Gasteiger partial charge in [0.05, 0.1) is 22.1 Å². The standard InChI is InChI=1S/C16H18N6O2S2/c1-3-24-9-4-5-10-11(6-9)26-15(19-10)22-14(23)8(2)25-16-20-12(17)7-13(18)21-16/h4-8H,3H2,1-2H3,(H,19,22,23)(H4,17,18,20,21). The zero-order valence-electron chi connectivity index (χ0n) is 14.2. The Labute approximate surface area is 158 Å². The van der Waals surface area contributed by atoms with Crippen LogP contribution in [0, 0.1) is 0 Å². The van der Waals surface area contributed by atoms with E-state index in [4.69, 9.17) is 16.2 Å². The summed E-state index contributed by atoms with van der Waals surface area (Å²) in [4.78, 5) is 25.0. The van der Waals surface area contributed by atoms with E-state index in [0.717, 1.165) is 16.0 Å². The van der Waals surface area contributed by atoms with Gasteiger partial charge in [-0.25, -0.2) is 15.0 Å². The number of aromatic nitrogens is 3.